The smallest absolute Gasteiger partial charge is 0.329 e. The summed E-state index contributed by atoms with van der Waals surface area (Å²) in [6.45, 7) is 0.529. The molecule has 0 amide bonds. The van der Waals surface area contributed by atoms with Crippen LogP contribution in [0.5, 0.6) is 5.75 Å². The van der Waals surface area contributed by atoms with Crippen LogP contribution in [-0.2, 0) is 0 Å². The molecule has 108 valence electrons. The second-order valence-electron chi connectivity index (χ2n) is 4.50. The lowest BCUT2D eigenvalue weighted by atomic mass is 10.0. The molecule has 1 aromatic carbocycles. The molecule has 21 heavy (non-hydrogen) atoms. The van der Waals surface area contributed by atoms with Crippen molar-refractivity contribution in [2.24, 2.45) is 0 Å². The van der Waals surface area contributed by atoms with Crippen molar-refractivity contribution in [3.8, 4) is 5.75 Å². The summed E-state index contributed by atoms with van der Waals surface area (Å²) in [6, 6.07) is 7.43. The second-order valence-corrected chi connectivity index (χ2v) is 4.84. The van der Waals surface area contributed by atoms with E-state index in [0.717, 1.165) is 17.5 Å². The Morgan fingerprint density at radius 2 is 2.24 bits per heavy atom. The molecule has 0 bridgehead atoms. The molecule has 1 N–H and O–H groups in total. The van der Waals surface area contributed by atoms with Crippen molar-refractivity contribution in [2.75, 3.05) is 11.9 Å². The van der Waals surface area contributed by atoms with E-state index in [-0.39, 0.29) is 22.8 Å². The number of fused-ring (bicyclic) bond motifs is 1. The van der Waals surface area contributed by atoms with Gasteiger partial charge in [-0.05, 0) is 17.7 Å². The number of para-hydroxylation sites is 1. The van der Waals surface area contributed by atoms with Crippen LogP contribution in [0.15, 0.2) is 30.5 Å². The van der Waals surface area contributed by atoms with Gasteiger partial charge in [0, 0.05) is 12.0 Å². The molecule has 1 atom stereocenters. The highest BCUT2D eigenvalue weighted by Gasteiger charge is 2.25. The number of aromatic nitrogens is 2. The minimum absolute atomic E-state index is 0.0385. The van der Waals surface area contributed by atoms with E-state index in [2.05, 4.69) is 15.3 Å². The Morgan fingerprint density at radius 1 is 1.43 bits per heavy atom. The summed E-state index contributed by atoms with van der Waals surface area (Å²) in [6.07, 6.45) is 1.78. The topological polar surface area (TPSA) is 90.2 Å². The summed E-state index contributed by atoms with van der Waals surface area (Å²) in [5.74, 6) is 0.880. The first-order valence-corrected chi connectivity index (χ1v) is 6.68. The van der Waals surface area contributed by atoms with Crippen LogP contribution in [0.4, 0.5) is 11.5 Å². The molecule has 0 radical (unpaired) electrons. The molecular weight excluding hydrogens is 296 g/mol. The van der Waals surface area contributed by atoms with Gasteiger partial charge in [-0.2, -0.15) is 4.98 Å². The number of anilines is 1. The average Bonchev–Trinajstić information content (AvgIpc) is 2.47. The van der Waals surface area contributed by atoms with Gasteiger partial charge in [0.2, 0.25) is 11.1 Å². The van der Waals surface area contributed by atoms with Crippen molar-refractivity contribution in [1.29, 1.82) is 0 Å². The van der Waals surface area contributed by atoms with Crippen LogP contribution < -0.4 is 10.1 Å². The van der Waals surface area contributed by atoms with E-state index in [4.69, 9.17) is 16.3 Å². The number of rotatable bonds is 3. The minimum Gasteiger partial charge on any atom is -0.493 e. The molecular formula is C13H11ClN4O3. The molecule has 0 spiro atoms. The number of ether oxygens (including phenoxy) is 1. The van der Waals surface area contributed by atoms with Crippen LogP contribution in [0.3, 0.4) is 0 Å². The van der Waals surface area contributed by atoms with E-state index < -0.39 is 4.92 Å². The molecule has 7 nitrogen and oxygen atoms in total. The maximum Gasteiger partial charge on any atom is 0.329 e. The molecule has 0 aliphatic carbocycles. The number of halogens is 1. The Labute approximate surface area is 125 Å². The zero-order valence-electron chi connectivity index (χ0n) is 10.8. The van der Waals surface area contributed by atoms with E-state index in [0.29, 0.717) is 13.0 Å². The Bertz CT molecular complexity index is 695. The Kier molecular flexibility index (Phi) is 3.57. The highest BCUT2D eigenvalue weighted by Crippen LogP contribution is 2.35. The van der Waals surface area contributed by atoms with Crippen LogP contribution in [0.2, 0.25) is 5.28 Å². The van der Waals surface area contributed by atoms with Crippen LogP contribution in [0, 0.1) is 10.1 Å². The zero-order valence-corrected chi connectivity index (χ0v) is 11.6. The van der Waals surface area contributed by atoms with Crippen LogP contribution in [0.1, 0.15) is 18.0 Å². The highest BCUT2D eigenvalue weighted by molar-refractivity contribution is 6.28. The van der Waals surface area contributed by atoms with Gasteiger partial charge in [0.15, 0.2) is 0 Å². The van der Waals surface area contributed by atoms with E-state index in [1.54, 1.807) is 0 Å². The Morgan fingerprint density at radius 3 is 3.05 bits per heavy atom. The van der Waals surface area contributed by atoms with Crippen molar-refractivity contribution in [2.45, 2.75) is 12.5 Å². The quantitative estimate of drug-likeness (QED) is 0.532. The molecule has 8 heteroatoms. The van der Waals surface area contributed by atoms with E-state index in [9.17, 15) is 10.1 Å². The monoisotopic (exact) mass is 306 g/mol. The number of benzene rings is 1. The first-order valence-electron chi connectivity index (χ1n) is 6.30. The Hall–Kier alpha value is -2.41. The Balaban J connectivity index is 1.95. The molecule has 1 aromatic heterocycles. The molecule has 1 aliphatic rings. The second kappa shape index (κ2) is 5.53. The minimum atomic E-state index is -0.538. The van der Waals surface area contributed by atoms with E-state index in [1.165, 1.54) is 0 Å². The molecule has 1 aliphatic heterocycles. The third-order valence-electron chi connectivity index (χ3n) is 3.21. The van der Waals surface area contributed by atoms with Crippen LogP contribution in [0.25, 0.3) is 0 Å². The number of nitro groups is 1. The number of nitrogens with zero attached hydrogens (tertiary/aromatic N) is 3. The van der Waals surface area contributed by atoms with Gasteiger partial charge in [-0.25, -0.2) is 4.98 Å². The third kappa shape index (κ3) is 2.73. The van der Waals surface area contributed by atoms with E-state index in [1.807, 2.05) is 24.3 Å². The summed E-state index contributed by atoms with van der Waals surface area (Å²) in [7, 11) is 0. The maximum absolute atomic E-state index is 11.0. The fraction of sp³-hybridized carbons (Fsp3) is 0.231. The lowest BCUT2D eigenvalue weighted by Crippen LogP contribution is -2.21. The van der Waals surface area contributed by atoms with Crippen molar-refractivity contribution in [3.63, 3.8) is 0 Å². The lowest BCUT2D eigenvalue weighted by Gasteiger charge is -2.26. The largest absolute Gasteiger partial charge is 0.493 e. The van der Waals surface area contributed by atoms with Crippen molar-refractivity contribution >= 4 is 23.1 Å². The SMILES string of the molecule is O=[N+]([O-])c1cnc(Cl)nc1NC1CCOc2ccccc21. The summed E-state index contributed by atoms with van der Waals surface area (Å²) in [4.78, 5) is 18.1. The summed E-state index contributed by atoms with van der Waals surface area (Å²) < 4.78 is 5.56. The van der Waals surface area contributed by atoms with Gasteiger partial charge in [-0.1, -0.05) is 18.2 Å². The zero-order chi connectivity index (χ0) is 14.8. The maximum atomic E-state index is 11.0. The number of hydrogen-bond donors (Lipinski definition) is 1. The van der Waals surface area contributed by atoms with Gasteiger partial charge in [0.05, 0.1) is 17.6 Å². The molecule has 0 fully saturated rings. The number of nitrogens with one attached hydrogen (secondary N) is 1. The van der Waals surface area contributed by atoms with Crippen molar-refractivity contribution < 1.29 is 9.66 Å². The summed E-state index contributed by atoms with van der Waals surface area (Å²) >= 11 is 5.73. The predicted molar refractivity (Wildman–Crippen MR) is 76.6 cm³/mol. The summed E-state index contributed by atoms with van der Waals surface area (Å²) in [5, 5.41) is 14.1. The predicted octanol–water partition coefficient (Wildman–Crippen LogP) is 2.97. The van der Waals surface area contributed by atoms with Gasteiger partial charge in [-0.15, -0.1) is 0 Å². The first kappa shape index (κ1) is 13.6. The third-order valence-corrected chi connectivity index (χ3v) is 3.39. The van der Waals surface area contributed by atoms with Gasteiger partial charge in [0.1, 0.15) is 11.9 Å². The molecule has 0 saturated carbocycles. The lowest BCUT2D eigenvalue weighted by molar-refractivity contribution is -0.384. The molecule has 0 saturated heterocycles. The highest BCUT2D eigenvalue weighted by atomic mass is 35.5. The molecule has 2 aromatic rings. The van der Waals surface area contributed by atoms with Crippen molar-refractivity contribution in [1.82, 2.24) is 9.97 Å². The van der Waals surface area contributed by atoms with Gasteiger partial charge < -0.3 is 10.1 Å². The van der Waals surface area contributed by atoms with Crippen LogP contribution >= 0.6 is 11.6 Å². The van der Waals surface area contributed by atoms with Gasteiger partial charge in [-0.3, -0.25) is 10.1 Å². The normalized spacial score (nSPS) is 16.7. The first-order chi connectivity index (χ1) is 10.1. The van der Waals surface area contributed by atoms with E-state index >= 15 is 0 Å². The molecule has 1 unspecified atom stereocenters. The van der Waals surface area contributed by atoms with Gasteiger partial charge >= 0.3 is 5.69 Å². The van der Waals surface area contributed by atoms with Crippen molar-refractivity contribution in [3.05, 3.63) is 51.4 Å². The van der Waals surface area contributed by atoms with Crippen LogP contribution in [-0.4, -0.2) is 21.5 Å². The average molecular weight is 307 g/mol. The molecule has 2 heterocycles. The standard InChI is InChI=1S/C13H11ClN4O3/c14-13-15-7-10(18(19)20)12(17-13)16-9-5-6-21-11-4-2-1-3-8(9)11/h1-4,7,9H,5-6H2,(H,15,16,17). The van der Waals surface area contributed by atoms with Gasteiger partial charge in [0.25, 0.3) is 0 Å². The summed E-state index contributed by atoms with van der Waals surface area (Å²) in [5.41, 5.74) is 0.733. The number of hydrogen-bond acceptors (Lipinski definition) is 6. The fourth-order valence-corrected chi connectivity index (χ4v) is 2.38. The fourth-order valence-electron chi connectivity index (χ4n) is 2.25. The molecule has 3 rings (SSSR count).